The van der Waals surface area contributed by atoms with Crippen molar-refractivity contribution in [1.82, 2.24) is 9.62 Å². The van der Waals surface area contributed by atoms with Crippen molar-refractivity contribution >= 4 is 21.7 Å². The number of ketones is 1. The van der Waals surface area contributed by atoms with Gasteiger partial charge in [-0.05, 0) is 80.8 Å². The van der Waals surface area contributed by atoms with Crippen LogP contribution >= 0.6 is 0 Å². The van der Waals surface area contributed by atoms with Gasteiger partial charge in [-0.1, -0.05) is 12.1 Å². The molecular weight excluding hydrogens is 400 g/mol. The maximum atomic E-state index is 12.7. The molecule has 1 aromatic carbocycles. The van der Waals surface area contributed by atoms with Crippen molar-refractivity contribution in [2.45, 2.75) is 56.8 Å². The fourth-order valence-corrected chi connectivity index (χ4v) is 7.54. The molecule has 0 radical (unpaired) electrons. The lowest BCUT2D eigenvalue weighted by molar-refractivity contribution is -0.135. The van der Waals surface area contributed by atoms with Crippen molar-refractivity contribution in [2.24, 2.45) is 23.2 Å². The van der Waals surface area contributed by atoms with E-state index in [2.05, 4.69) is 4.72 Å². The number of hydrogen-bond donors (Lipinski definition) is 1. The van der Waals surface area contributed by atoms with Gasteiger partial charge in [0, 0.05) is 32.1 Å². The number of benzene rings is 1. The molecule has 4 bridgehead atoms. The van der Waals surface area contributed by atoms with Gasteiger partial charge in [0.2, 0.25) is 15.9 Å². The molecule has 1 N–H and O–H groups in total. The van der Waals surface area contributed by atoms with Crippen molar-refractivity contribution < 1.29 is 18.0 Å². The summed E-state index contributed by atoms with van der Waals surface area (Å²) < 4.78 is 27.4. The van der Waals surface area contributed by atoms with Crippen molar-refractivity contribution in [3.8, 4) is 0 Å². The number of sulfonamides is 1. The van der Waals surface area contributed by atoms with E-state index in [9.17, 15) is 18.0 Å². The van der Waals surface area contributed by atoms with E-state index in [1.807, 2.05) is 11.9 Å². The zero-order chi connectivity index (χ0) is 21.5. The van der Waals surface area contributed by atoms with Gasteiger partial charge in [0.05, 0.1) is 4.90 Å². The molecule has 4 saturated carbocycles. The highest BCUT2D eigenvalue weighted by molar-refractivity contribution is 7.89. The molecule has 6 nitrogen and oxygen atoms in total. The van der Waals surface area contributed by atoms with Gasteiger partial charge in [-0.15, -0.1) is 0 Å². The first-order valence-electron chi connectivity index (χ1n) is 11.0. The second kappa shape index (κ2) is 8.08. The van der Waals surface area contributed by atoms with E-state index in [1.165, 1.54) is 69.7 Å². The van der Waals surface area contributed by atoms with Gasteiger partial charge in [0.25, 0.3) is 0 Å². The molecule has 0 spiro atoms. The summed E-state index contributed by atoms with van der Waals surface area (Å²) in [5.41, 5.74) is 0.757. The first-order valence-corrected chi connectivity index (χ1v) is 12.5. The van der Waals surface area contributed by atoms with Crippen LogP contribution in [0.5, 0.6) is 0 Å². The lowest BCUT2D eigenvalue weighted by Crippen LogP contribution is -2.51. The maximum absolute atomic E-state index is 12.7. The molecule has 7 heteroatoms. The second-order valence-corrected chi connectivity index (χ2v) is 11.7. The Labute approximate surface area is 179 Å². The average Bonchev–Trinajstić information content (AvgIpc) is 2.66. The van der Waals surface area contributed by atoms with E-state index >= 15 is 0 Å². The van der Waals surface area contributed by atoms with Gasteiger partial charge in [-0.25, -0.2) is 13.1 Å². The zero-order valence-corrected chi connectivity index (χ0v) is 18.7. The minimum absolute atomic E-state index is 0.0135. The van der Waals surface area contributed by atoms with E-state index < -0.39 is 10.0 Å². The largest absolute Gasteiger partial charge is 0.345 e. The molecule has 4 fully saturated rings. The summed E-state index contributed by atoms with van der Waals surface area (Å²) in [4.78, 5) is 25.9. The number of amides is 1. The molecule has 164 valence electrons. The van der Waals surface area contributed by atoms with E-state index in [0.29, 0.717) is 5.56 Å². The van der Waals surface area contributed by atoms with Crippen LogP contribution in [0.1, 0.15) is 62.2 Å². The summed E-state index contributed by atoms with van der Waals surface area (Å²) in [5.74, 6) is 2.42. The van der Waals surface area contributed by atoms with Gasteiger partial charge in [0.1, 0.15) is 0 Å². The Morgan fingerprint density at radius 2 is 1.57 bits per heavy atom. The van der Waals surface area contributed by atoms with E-state index in [-0.39, 0.29) is 35.0 Å². The number of hydrogen-bond acceptors (Lipinski definition) is 4. The number of carbonyl (C=O) groups is 2. The molecular formula is C23H32N2O4S. The third-order valence-corrected chi connectivity index (χ3v) is 8.84. The fraction of sp³-hybridized carbons (Fsp3) is 0.652. The summed E-state index contributed by atoms with van der Waals surface area (Å²) in [6, 6.07) is 5.84. The molecule has 0 unspecified atom stereocenters. The molecule has 0 saturated heterocycles. The van der Waals surface area contributed by atoms with Gasteiger partial charge in [-0.2, -0.15) is 0 Å². The average molecular weight is 433 g/mol. The van der Waals surface area contributed by atoms with Crippen LogP contribution in [0, 0.1) is 23.2 Å². The molecule has 5 rings (SSSR count). The molecule has 1 amide bonds. The van der Waals surface area contributed by atoms with E-state index in [1.54, 1.807) is 0 Å². The highest BCUT2D eigenvalue weighted by atomic mass is 32.2. The summed E-state index contributed by atoms with van der Waals surface area (Å²) in [6.07, 6.45) is 8.04. The summed E-state index contributed by atoms with van der Waals surface area (Å²) in [6.45, 7) is 2.31. The highest BCUT2D eigenvalue weighted by Crippen LogP contribution is 2.60. The zero-order valence-electron chi connectivity index (χ0n) is 17.9. The quantitative estimate of drug-likeness (QED) is 0.639. The first kappa shape index (κ1) is 21.5. The van der Waals surface area contributed by atoms with Gasteiger partial charge in [0.15, 0.2) is 5.78 Å². The Morgan fingerprint density at radius 1 is 1.03 bits per heavy atom. The Bertz CT molecular complexity index is 888. The number of rotatable bonds is 8. The molecule has 1 aromatic rings. The second-order valence-electron chi connectivity index (χ2n) is 9.90. The third-order valence-electron chi connectivity index (χ3n) is 7.37. The molecule has 0 heterocycles. The van der Waals surface area contributed by atoms with Crippen molar-refractivity contribution in [3.63, 3.8) is 0 Å². The maximum Gasteiger partial charge on any atom is 0.240 e. The summed E-state index contributed by atoms with van der Waals surface area (Å²) in [5, 5.41) is 0. The minimum Gasteiger partial charge on any atom is -0.345 e. The fourth-order valence-electron chi connectivity index (χ4n) is 6.51. The summed E-state index contributed by atoms with van der Waals surface area (Å²) >= 11 is 0. The van der Waals surface area contributed by atoms with Crippen molar-refractivity contribution in [3.05, 3.63) is 29.8 Å². The van der Waals surface area contributed by atoms with Gasteiger partial charge in [-0.3, -0.25) is 9.59 Å². The Hall–Kier alpha value is -1.73. The number of nitrogens with one attached hydrogen (secondary N) is 1. The number of nitrogens with zero attached hydrogens (tertiary/aromatic N) is 1. The number of carbonyl (C=O) groups excluding carboxylic acids is 2. The Balaban J connectivity index is 1.28. The predicted octanol–water partition coefficient (Wildman–Crippen LogP) is 3.23. The highest BCUT2D eigenvalue weighted by Gasteiger charge is 2.51. The minimum atomic E-state index is -3.70. The Kier molecular flexibility index (Phi) is 5.79. The molecule has 30 heavy (non-hydrogen) atoms. The van der Waals surface area contributed by atoms with Crippen LogP contribution in [0.25, 0.3) is 0 Å². The smallest absolute Gasteiger partial charge is 0.240 e. The Morgan fingerprint density at radius 3 is 2.07 bits per heavy atom. The van der Waals surface area contributed by atoms with Gasteiger partial charge >= 0.3 is 0 Å². The summed E-state index contributed by atoms with van der Waals surface area (Å²) in [7, 11) is -1.84. The topological polar surface area (TPSA) is 83.5 Å². The molecule has 4 aliphatic rings. The predicted molar refractivity (Wildman–Crippen MR) is 114 cm³/mol. The third kappa shape index (κ3) is 4.47. The standard InChI is InChI=1S/C23H32N2O4S/c1-16(26)20-3-5-21(6-4-20)30(28,29)24-8-7-22(27)25(2)15-23-12-17-9-18(13-23)11-19(10-17)14-23/h3-6,17-19,24H,7-15H2,1-2H3. The van der Waals surface area contributed by atoms with Gasteiger partial charge < -0.3 is 4.90 Å². The number of Topliss-reactive ketones (excluding diaryl/α,β-unsaturated/α-hetero) is 1. The molecule has 0 aliphatic heterocycles. The van der Waals surface area contributed by atoms with Crippen molar-refractivity contribution in [2.75, 3.05) is 20.1 Å². The van der Waals surface area contributed by atoms with Crippen LogP contribution < -0.4 is 4.72 Å². The van der Waals surface area contributed by atoms with E-state index in [0.717, 1.165) is 24.3 Å². The molecule has 0 atom stereocenters. The van der Waals surface area contributed by atoms with Crippen LogP contribution in [-0.2, 0) is 14.8 Å². The lowest BCUT2D eigenvalue weighted by atomic mass is 9.49. The normalized spacial score (nSPS) is 29.7. The van der Waals surface area contributed by atoms with Crippen LogP contribution in [0.3, 0.4) is 0 Å². The lowest BCUT2D eigenvalue weighted by Gasteiger charge is -2.57. The van der Waals surface area contributed by atoms with Crippen LogP contribution in [-0.4, -0.2) is 45.1 Å². The first-order chi connectivity index (χ1) is 14.2. The van der Waals surface area contributed by atoms with Crippen LogP contribution in [0.2, 0.25) is 0 Å². The monoisotopic (exact) mass is 432 g/mol. The SMILES string of the molecule is CC(=O)c1ccc(S(=O)(=O)NCCC(=O)N(C)CC23CC4CC(CC(C4)C2)C3)cc1. The van der Waals surface area contributed by atoms with Crippen molar-refractivity contribution in [1.29, 1.82) is 0 Å². The molecule has 4 aliphatic carbocycles. The van der Waals surface area contributed by atoms with E-state index in [4.69, 9.17) is 0 Å². The molecule has 0 aromatic heterocycles. The van der Waals surface area contributed by atoms with Crippen LogP contribution in [0.15, 0.2) is 29.2 Å². The van der Waals surface area contributed by atoms with Crippen LogP contribution in [0.4, 0.5) is 0 Å².